The monoisotopic (exact) mass is 228 g/mol. The molecule has 1 aromatic heterocycles. The van der Waals surface area contributed by atoms with Crippen molar-refractivity contribution in [3.63, 3.8) is 0 Å². The Bertz CT molecular complexity index is 506. The minimum absolute atomic E-state index is 0.652. The average Bonchev–Trinajstić information content (AvgIpc) is 2.89. The summed E-state index contributed by atoms with van der Waals surface area (Å²) in [6.45, 7) is 3.00. The molecule has 1 N–H and O–H groups in total. The van der Waals surface area contributed by atoms with E-state index in [1.165, 1.54) is 6.42 Å². The van der Waals surface area contributed by atoms with Crippen LogP contribution < -0.4 is 10.1 Å². The van der Waals surface area contributed by atoms with Gasteiger partial charge in [-0.15, -0.1) is 0 Å². The number of fused-ring (bicyclic) bond motifs is 1. The Balaban J connectivity index is 1.72. The first-order valence-corrected chi connectivity index (χ1v) is 6.10. The molecule has 2 heterocycles. The molecule has 1 aromatic carbocycles. The Morgan fingerprint density at radius 2 is 2.35 bits per heavy atom. The topological polar surface area (TPSA) is 34.1 Å². The Labute approximate surface area is 101 Å². The number of ether oxygens (including phenoxy) is 1. The summed E-state index contributed by atoms with van der Waals surface area (Å²) in [5.74, 6) is 1.59. The largest absolute Gasteiger partial charge is 0.493 e. The van der Waals surface area contributed by atoms with Gasteiger partial charge < -0.3 is 10.1 Å². The molecule has 2 aromatic rings. The van der Waals surface area contributed by atoms with E-state index in [9.17, 15) is 0 Å². The predicted octanol–water partition coefficient (Wildman–Crippen LogP) is 2.22. The summed E-state index contributed by atoms with van der Waals surface area (Å²) in [4.78, 5) is 4.29. The first-order valence-electron chi connectivity index (χ1n) is 6.10. The summed E-state index contributed by atoms with van der Waals surface area (Å²) in [5.41, 5.74) is 1.02. The Kier molecular flexibility index (Phi) is 2.92. The van der Waals surface area contributed by atoms with Crippen LogP contribution in [0.2, 0.25) is 0 Å². The highest BCUT2D eigenvalue weighted by Gasteiger charge is 2.14. The van der Waals surface area contributed by atoms with Gasteiger partial charge in [-0.3, -0.25) is 4.98 Å². The lowest BCUT2D eigenvalue weighted by molar-refractivity contribution is 0.260. The molecule has 0 amide bonds. The van der Waals surface area contributed by atoms with E-state index in [2.05, 4.69) is 22.4 Å². The third-order valence-electron chi connectivity index (χ3n) is 3.22. The van der Waals surface area contributed by atoms with Crippen molar-refractivity contribution in [3.05, 3.63) is 36.5 Å². The van der Waals surface area contributed by atoms with Gasteiger partial charge in [0.15, 0.2) is 0 Å². The van der Waals surface area contributed by atoms with Crippen molar-refractivity contribution in [3.8, 4) is 5.75 Å². The zero-order chi connectivity index (χ0) is 11.5. The highest BCUT2D eigenvalue weighted by atomic mass is 16.5. The number of hydrogen-bond acceptors (Lipinski definition) is 3. The van der Waals surface area contributed by atoms with Gasteiger partial charge in [0.1, 0.15) is 5.75 Å². The van der Waals surface area contributed by atoms with Crippen LogP contribution in [0, 0.1) is 5.92 Å². The zero-order valence-corrected chi connectivity index (χ0v) is 9.73. The average molecular weight is 228 g/mol. The SMILES string of the molecule is c1cnc2ccc(OCC3CCNC3)cc2c1. The van der Waals surface area contributed by atoms with Crippen molar-refractivity contribution < 1.29 is 4.74 Å². The number of benzene rings is 1. The number of nitrogens with zero attached hydrogens (tertiary/aromatic N) is 1. The summed E-state index contributed by atoms with van der Waals surface area (Å²) < 4.78 is 5.83. The lowest BCUT2D eigenvalue weighted by atomic mass is 10.1. The fraction of sp³-hybridized carbons (Fsp3) is 0.357. The molecule has 3 heteroatoms. The summed E-state index contributed by atoms with van der Waals surface area (Å²) in [6, 6.07) is 10.1. The molecule has 3 rings (SSSR count). The van der Waals surface area contributed by atoms with Gasteiger partial charge in [-0.1, -0.05) is 6.07 Å². The second-order valence-corrected chi connectivity index (χ2v) is 4.53. The van der Waals surface area contributed by atoms with Gasteiger partial charge in [-0.2, -0.15) is 0 Å². The van der Waals surface area contributed by atoms with E-state index >= 15 is 0 Å². The van der Waals surface area contributed by atoms with Crippen LogP contribution in [-0.2, 0) is 0 Å². The van der Waals surface area contributed by atoms with Gasteiger partial charge in [0.2, 0.25) is 0 Å². The molecule has 1 atom stereocenters. The maximum atomic E-state index is 5.83. The van der Waals surface area contributed by atoms with Crippen molar-refractivity contribution in [2.24, 2.45) is 5.92 Å². The molecular formula is C14H16N2O. The maximum absolute atomic E-state index is 5.83. The van der Waals surface area contributed by atoms with E-state index in [0.717, 1.165) is 36.3 Å². The lowest BCUT2D eigenvalue weighted by Crippen LogP contribution is -2.15. The van der Waals surface area contributed by atoms with Crippen molar-refractivity contribution in [1.82, 2.24) is 10.3 Å². The fourth-order valence-electron chi connectivity index (χ4n) is 2.21. The molecule has 1 aliphatic rings. The quantitative estimate of drug-likeness (QED) is 0.874. The van der Waals surface area contributed by atoms with Crippen LogP contribution in [0.4, 0.5) is 0 Å². The third kappa shape index (κ3) is 2.39. The van der Waals surface area contributed by atoms with Crippen molar-refractivity contribution in [1.29, 1.82) is 0 Å². The van der Waals surface area contributed by atoms with E-state index in [1.54, 1.807) is 0 Å². The van der Waals surface area contributed by atoms with E-state index in [4.69, 9.17) is 4.74 Å². The molecule has 0 spiro atoms. The number of aromatic nitrogens is 1. The van der Waals surface area contributed by atoms with E-state index < -0.39 is 0 Å². The molecule has 0 aliphatic carbocycles. The summed E-state index contributed by atoms with van der Waals surface area (Å²) in [5, 5.41) is 4.48. The van der Waals surface area contributed by atoms with Crippen molar-refractivity contribution in [2.75, 3.05) is 19.7 Å². The molecule has 0 radical (unpaired) electrons. The standard InChI is InChI=1S/C14H16N2O/c1-2-12-8-13(3-4-14(12)16-6-1)17-10-11-5-7-15-9-11/h1-4,6,8,11,15H,5,7,9-10H2. The molecular weight excluding hydrogens is 212 g/mol. The van der Waals surface area contributed by atoms with Gasteiger partial charge in [-0.25, -0.2) is 0 Å². The maximum Gasteiger partial charge on any atom is 0.120 e. The molecule has 3 nitrogen and oxygen atoms in total. The molecule has 1 unspecified atom stereocenters. The minimum Gasteiger partial charge on any atom is -0.493 e. The van der Waals surface area contributed by atoms with Crippen molar-refractivity contribution >= 4 is 10.9 Å². The Morgan fingerprint density at radius 3 is 3.24 bits per heavy atom. The summed E-state index contributed by atoms with van der Waals surface area (Å²) >= 11 is 0. The number of nitrogens with one attached hydrogen (secondary N) is 1. The first kappa shape index (κ1) is 10.5. The van der Waals surface area contributed by atoms with Crippen molar-refractivity contribution in [2.45, 2.75) is 6.42 Å². The van der Waals surface area contributed by atoms with Gasteiger partial charge >= 0.3 is 0 Å². The third-order valence-corrected chi connectivity index (χ3v) is 3.22. The number of hydrogen-bond donors (Lipinski definition) is 1. The summed E-state index contributed by atoms with van der Waals surface area (Å²) in [6.07, 6.45) is 3.03. The highest BCUT2D eigenvalue weighted by molar-refractivity contribution is 5.79. The minimum atomic E-state index is 0.652. The highest BCUT2D eigenvalue weighted by Crippen LogP contribution is 2.20. The Hall–Kier alpha value is -1.61. The zero-order valence-electron chi connectivity index (χ0n) is 9.73. The van der Waals surface area contributed by atoms with E-state index in [0.29, 0.717) is 5.92 Å². The van der Waals surface area contributed by atoms with Crippen LogP contribution in [0.1, 0.15) is 6.42 Å². The predicted molar refractivity (Wildman–Crippen MR) is 68.2 cm³/mol. The van der Waals surface area contributed by atoms with Crippen LogP contribution in [0.3, 0.4) is 0 Å². The van der Waals surface area contributed by atoms with Crippen LogP contribution in [0.15, 0.2) is 36.5 Å². The molecule has 0 saturated carbocycles. The van der Waals surface area contributed by atoms with Gasteiger partial charge in [0, 0.05) is 24.0 Å². The molecule has 1 fully saturated rings. The molecule has 88 valence electrons. The fourth-order valence-corrected chi connectivity index (χ4v) is 2.21. The van der Waals surface area contributed by atoms with E-state index in [-0.39, 0.29) is 0 Å². The van der Waals surface area contributed by atoms with Crippen LogP contribution >= 0.6 is 0 Å². The van der Waals surface area contributed by atoms with Gasteiger partial charge in [-0.05, 0) is 37.2 Å². The second-order valence-electron chi connectivity index (χ2n) is 4.53. The normalized spacial score (nSPS) is 19.6. The molecule has 17 heavy (non-hydrogen) atoms. The smallest absolute Gasteiger partial charge is 0.120 e. The van der Waals surface area contributed by atoms with Crippen LogP contribution in [0.5, 0.6) is 5.75 Å². The van der Waals surface area contributed by atoms with E-state index in [1.807, 2.05) is 24.4 Å². The van der Waals surface area contributed by atoms with Crippen LogP contribution in [-0.4, -0.2) is 24.7 Å². The second kappa shape index (κ2) is 4.72. The number of rotatable bonds is 3. The molecule has 0 bridgehead atoms. The Morgan fingerprint density at radius 1 is 1.35 bits per heavy atom. The van der Waals surface area contributed by atoms with Gasteiger partial charge in [0.25, 0.3) is 0 Å². The summed E-state index contributed by atoms with van der Waals surface area (Å²) in [7, 11) is 0. The molecule has 1 aliphatic heterocycles. The van der Waals surface area contributed by atoms with Crippen LogP contribution in [0.25, 0.3) is 10.9 Å². The number of pyridine rings is 1. The first-order chi connectivity index (χ1) is 8.42. The molecule has 1 saturated heterocycles. The van der Waals surface area contributed by atoms with Gasteiger partial charge in [0.05, 0.1) is 12.1 Å². The lowest BCUT2D eigenvalue weighted by Gasteiger charge is -2.11.